The van der Waals surface area contributed by atoms with Gasteiger partial charge in [-0.1, -0.05) is 39.1 Å². The fourth-order valence-corrected chi connectivity index (χ4v) is 5.91. The Balaban J connectivity index is 1.34. The summed E-state index contributed by atoms with van der Waals surface area (Å²) in [5.74, 6) is 7.80. The van der Waals surface area contributed by atoms with E-state index in [1.165, 1.54) is 12.1 Å². The number of aromatic amines is 2. The van der Waals surface area contributed by atoms with Gasteiger partial charge in [0.2, 0.25) is 0 Å². The van der Waals surface area contributed by atoms with Crippen LogP contribution in [0.1, 0.15) is 32.8 Å². The molecule has 0 spiro atoms. The molecule has 0 radical (unpaired) electrons. The summed E-state index contributed by atoms with van der Waals surface area (Å²) in [5.41, 5.74) is 9.11. The first-order chi connectivity index (χ1) is 21.3. The third-order valence-corrected chi connectivity index (χ3v) is 8.08. The van der Waals surface area contributed by atoms with Crippen LogP contribution in [0.2, 0.25) is 0 Å². The first kappa shape index (κ1) is 30.2. The van der Waals surface area contributed by atoms with Crippen LogP contribution in [-0.2, 0) is 6.54 Å². The standard InChI is InChI=1S/C35H37FN8S/c1-21(14-35(2,3)4)41-26-11-24(16-37-17-26)30-13-28-33(20-39-30)43-44-34(28)31-12-27-29(18-38-19-32(27)42-31)23-8-22(9-25(36)10-23)15-40-45(5,6)7/h8-13,16-20,40-42H,1,5-6,14-15H2,2-4,7H3,(H,43,44). The summed E-state index contributed by atoms with van der Waals surface area (Å²) < 4.78 is 18.1. The molecule has 0 amide bonds. The van der Waals surface area contributed by atoms with Gasteiger partial charge in [-0.15, -0.1) is 0 Å². The maximum Gasteiger partial charge on any atom is 0.124 e. The summed E-state index contributed by atoms with van der Waals surface area (Å²) in [6.45, 7) is 11.2. The van der Waals surface area contributed by atoms with Crippen LogP contribution in [0.15, 0.2) is 79.7 Å². The maximum absolute atomic E-state index is 14.8. The molecule has 0 unspecified atom stereocenters. The van der Waals surface area contributed by atoms with Crippen molar-refractivity contribution in [2.75, 3.05) is 11.6 Å². The smallest absolute Gasteiger partial charge is 0.124 e. The average molecular weight is 621 g/mol. The molecule has 5 aromatic heterocycles. The number of halogens is 1. The quantitative estimate of drug-likeness (QED) is 0.122. The summed E-state index contributed by atoms with van der Waals surface area (Å²) in [6, 6.07) is 11.1. The molecule has 10 heteroatoms. The molecule has 0 fully saturated rings. The zero-order valence-electron chi connectivity index (χ0n) is 26.0. The number of anilines is 1. The highest BCUT2D eigenvalue weighted by atomic mass is 32.2. The van der Waals surface area contributed by atoms with Crippen LogP contribution in [0.3, 0.4) is 0 Å². The molecule has 1 aromatic carbocycles. The molecule has 0 atom stereocenters. The van der Waals surface area contributed by atoms with Crippen LogP contribution in [-0.4, -0.2) is 48.1 Å². The van der Waals surface area contributed by atoms with Gasteiger partial charge >= 0.3 is 0 Å². The Kier molecular flexibility index (Phi) is 7.80. The normalized spacial score (nSPS) is 12.2. The number of allylic oxidation sites excluding steroid dienone is 1. The number of aromatic nitrogens is 6. The molecule has 0 saturated heterocycles. The molecule has 45 heavy (non-hydrogen) atoms. The Morgan fingerprint density at radius 3 is 2.49 bits per heavy atom. The monoisotopic (exact) mass is 620 g/mol. The molecule has 0 aliphatic rings. The van der Waals surface area contributed by atoms with E-state index in [0.717, 1.165) is 78.9 Å². The summed E-state index contributed by atoms with van der Waals surface area (Å²) in [7, 11) is -1.44. The van der Waals surface area contributed by atoms with Crippen molar-refractivity contribution in [2.24, 2.45) is 5.41 Å². The van der Waals surface area contributed by atoms with E-state index in [4.69, 9.17) is 0 Å². The molecule has 0 aliphatic carbocycles. The van der Waals surface area contributed by atoms with E-state index in [2.05, 4.69) is 79.3 Å². The molecule has 230 valence electrons. The highest BCUT2D eigenvalue weighted by Gasteiger charge is 2.17. The van der Waals surface area contributed by atoms with Gasteiger partial charge in [-0.25, -0.2) is 4.39 Å². The van der Waals surface area contributed by atoms with E-state index < -0.39 is 9.39 Å². The molecule has 6 rings (SSSR count). The van der Waals surface area contributed by atoms with E-state index in [1.807, 2.05) is 30.5 Å². The number of fused-ring (bicyclic) bond motifs is 2. The van der Waals surface area contributed by atoms with Crippen molar-refractivity contribution in [2.45, 2.75) is 33.7 Å². The predicted molar refractivity (Wildman–Crippen MR) is 189 cm³/mol. The number of H-pyrrole nitrogens is 2. The van der Waals surface area contributed by atoms with Crippen molar-refractivity contribution in [1.29, 1.82) is 0 Å². The van der Waals surface area contributed by atoms with Crippen molar-refractivity contribution in [3.8, 4) is 33.8 Å². The van der Waals surface area contributed by atoms with Gasteiger partial charge in [0.25, 0.3) is 0 Å². The number of rotatable bonds is 9. The van der Waals surface area contributed by atoms with Crippen LogP contribution in [0.4, 0.5) is 10.1 Å². The second-order valence-corrected chi connectivity index (χ2v) is 15.7. The van der Waals surface area contributed by atoms with Gasteiger partial charge < -0.3 is 10.3 Å². The number of pyridine rings is 3. The Labute approximate surface area is 262 Å². The van der Waals surface area contributed by atoms with Crippen molar-refractivity contribution in [3.05, 3.63) is 91.0 Å². The zero-order chi connectivity index (χ0) is 31.9. The fourth-order valence-electron chi connectivity index (χ4n) is 5.39. The van der Waals surface area contributed by atoms with Crippen LogP contribution < -0.4 is 10.0 Å². The number of hydrogen-bond donors (Lipinski definition) is 4. The molecular formula is C35H37FN8S. The Morgan fingerprint density at radius 2 is 1.71 bits per heavy atom. The lowest BCUT2D eigenvalue weighted by Crippen LogP contribution is -2.10. The van der Waals surface area contributed by atoms with Gasteiger partial charge in [0.15, 0.2) is 0 Å². The number of nitrogens with one attached hydrogen (secondary N) is 4. The highest BCUT2D eigenvalue weighted by molar-refractivity contribution is 8.25. The van der Waals surface area contributed by atoms with Crippen molar-refractivity contribution in [1.82, 2.24) is 34.9 Å². The van der Waals surface area contributed by atoms with Crippen LogP contribution in [0.25, 0.3) is 55.6 Å². The average Bonchev–Trinajstić information content (AvgIpc) is 3.58. The summed E-state index contributed by atoms with van der Waals surface area (Å²) in [5, 5.41) is 12.9. The summed E-state index contributed by atoms with van der Waals surface area (Å²) in [4.78, 5) is 17.0. The van der Waals surface area contributed by atoms with Crippen molar-refractivity contribution in [3.63, 3.8) is 0 Å². The third-order valence-electron chi connectivity index (χ3n) is 7.24. The van der Waals surface area contributed by atoms with E-state index in [9.17, 15) is 4.39 Å². The summed E-state index contributed by atoms with van der Waals surface area (Å²) in [6.07, 6.45) is 11.7. The molecule has 0 bridgehead atoms. The second-order valence-electron chi connectivity index (χ2n) is 12.9. The fraction of sp³-hybridized carbons (Fsp3) is 0.200. The van der Waals surface area contributed by atoms with E-state index in [-0.39, 0.29) is 11.2 Å². The maximum atomic E-state index is 14.8. The SMILES string of the molecule is C=C(CC(C)(C)C)Nc1cncc(-c2cc3c(-c4cc5c(-c6cc(F)cc(CNS(=C)(=C)C)c6)cncc5[nH]4)n[nH]c3cn2)c1. The minimum Gasteiger partial charge on any atom is -0.358 e. The van der Waals surface area contributed by atoms with Gasteiger partial charge in [0.1, 0.15) is 11.5 Å². The topological polar surface area (TPSA) is 107 Å². The Hall–Kier alpha value is -4.80. The summed E-state index contributed by atoms with van der Waals surface area (Å²) >= 11 is 0. The lowest BCUT2D eigenvalue weighted by molar-refractivity contribution is 0.411. The first-order valence-corrected chi connectivity index (χ1v) is 16.9. The van der Waals surface area contributed by atoms with E-state index in [1.54, 1.807) is 31.0 Å². The molecule has 5 heterocycles. The molecule has 0 aliphatic heterocycles. The second kappa shape index (κ2) is 11.6. The van der Waals surface area contributed by atoms with E-state index >= 15 is 0 Å². The van der Waals surface area contributed by atoms with Gasteiger partial charge in [-0.2, -0.15) is 14.5 Å². The van der Waals surface area contributed by atoms with Crippen molar-refractivity contribution >= 4 is 48.6 Å². The van der Waals surface area contributed by atoms with Gasteiger partial charge in [0, 0.05) is 46.5 Å². The number of hydrogen-bond acceptors (Lipinski definition) is 6. The number of nitrogens with zero attached hydrogens (tertiary/aromatic N) is 4. The zero-order valence-corrected chi connectivity index (χ0v) is 26.8. The highest BCUT2D eigenvalue weighted by Crippen LogP contribution is 2.35. The minimum absolute atomic E-state index is 0.124. The molecular weight excluding hydrogens is 584 g/mol. The minimum atomic E-state index is -1.44. The lowest BCUT2D eigenvalue weighted by atomic mass is 9.91. The molecule has 4 N–H and O–H groups in total. The third kappa shape index (κ3) is 6.97. The molecule has 0 saturated carbocycles. The Morgan fingerprint density at radius 1 is 0.911 bits per heavy atom. The van der Waals surface area contributed by atoms with E-state index in [0.29, 0.717) is 6.54 Å². The van der Waals surface area contributed by atoms with Crippen LogP contribution >= 0.6 is 9.39 Å². The Bertz CT molecular complexity index is 2170. The van der Waals surface area contributed by atoms with Crippen molar-refractivity contribution < 1.29 is 4.39 Å². The molecule has 8 nitrogen and oxygen atoms in total. The predicted octanol–water partition coefficient (Wildman–Crippen LogP) is 8.03. The first-order valence-electron chi connectivity index (χ1n) is 14.5. The van der Waals surface area contributed by atoms with Gasteiger partial charge in [-0.05, 0) is 65.6 Å². The number of benzene rings is 1. The van der Waals surface area contributed by atoms with Gasteiger partial charge in [0.05, 0.1) is 46.7 Å². The largest absolute Gasteiger partial charge is 0.358 e. The van der Waals surface area contributed by atoms with Gasteiger partial charge in [-0.3, -0.25) is 24.8 Å². The van der Waals surface area contributed by atoms with Crippen LogP contribution in [0, 0.1) is 11.2 Å². The van der Waals surface area contributed by atoms with Crippen LogP contribution in [0.5, 0.6) is 0 Å². The molecule has 6 aromatic rings. The lowest BCUT2D eigenvalue weighted by Gasteiger charge is -2.20.